The summed E-state index contributed by atoms with van der Waals surface area (Å²) in [6, 6.07) is 6.56. The fourth-order valence-corrected chi connectivity index (χ4v) is 3.87. The molecule has 3 rings (SSSR count). The number of aromatic amines is 1. The highest BCUT2D eigenvalue weighted by Crippen LogP contribution is 2.26. The average molecular weight is 422 g/mol. The standard InChI is InChI=1S/C21H28ClN3O4/c1-21(2,3)29-20(28)25-17-8-12(11-26)4-6-16(17)24-19(27)18-10-13-9-14(22)5-7-15(13)23-18/h5,7,9-10,12,16-17,23,26H,4,6,8,11H2,1-3H3,(H,24,27)(H,25,28). The van der Waals surface area contributed by atoms with Crippen molar-refractivity contribution >= 4 is 34.5 Å². The minimum absolute atomic E-state index is 0.0515. The number of hydrogen-bond donors (Lipinski definition) is 4. The SMILES string of the molecule is CC(C)(C)OC(=O)NC1CC(CO)CCC1NC(=O)c1cc2cc(Cl)ccc2[nH]1. The van der Waals surface area contributed by atoms with Crippen molar-refractivity contribution in [2.75, 3.05) is 6.61 Å². The van der Waals surface area contributed by atoms with Crippen LogP contribution in [0.15, 0.2) is 24.3 Å². The van der Waals surface area contributed by atoms with Crippen molar-refractivity contribution in [3.05, 3.63) is 35.0 Å². The van der Waals surface area contributed by atoms with Crippen LogP contribution in [0.2, 0.25) is 5.02 Å². The van der Waals surface area contributed by atoms with E-state index >= 15 is 0 Å². The number of nitrogens with one attached hydrogen (secondary N) is 3. The summed E-state index contributed by atoms with van der Waals surface area (Å²) in [4.78, 5) is 28.2. The molecule has 2 aromatic rings. The summed E-state index contributed by atoms with van der Waals surface area (Å²) in [6.07, 6.45) is 1.48. The minimum atomic E-state index is -0.612. The Bertz CT molecular complexity index is 890. The number of hydrogen-bond acceptors (Lipinski definition) is 4. The molecule has 0 saturated heterocycles. The van der Waals surface area contributed by atoms with Gasteiger partial charge in [0.15, 0.2) is 0 Å². The number of benzene rings is 1. The summed E-state index contributed by atoms with van der Waals surface area (Å²) in [5, 5.41) is 16.9. The maximum atomic E-state index is 12.8. The Morgan fingerprint density at radius 1 is 1.21 bits per heavy atom. The molecule has 3 atom stereocenters. The number of halogens is 1. The zero-order valence-corrected chi connectivity index (χ0v) is 17.7. The Kier molecular flexibility index (Phi) is 6.39. The lowest BCUT2D eigenvalue weighted by molar-refractivity contribution is 0.0447. The lowest BCUT2D eigenvalue weighted by Crippen LogP contribution is -2.55. The monoisotopic (exact) mass is 421 g/mol. The quantitative estimate of drug-likeness (QED) is 0.605. The van der Waals surface area contributed by atoms with Crippen LogP contribution in [0, 0.1) is 5.92 Å². The molecule has 1 aliphatic carbocycles. The van der Waals surface area contributed by atoms with Crippen molar-refractivity contribution in [2.24, 2.45) is 5.92 Å². The van der Waals surface area contributed by atoms with Gasteiger partial charge < -0.3 is 25.5 Å². The molecule has 1 heterocycles. The fraction of sp³-hybridized carbons (Fsp3) is 0.524. The first-order valence-electron chi connectivity index (χ1n) is 9.84. The Labute approximate surface area is 175 Å². The molecule has 1 aromatic heterocycles. The number of aromatic nitrogens is 1. The van der Waals surface area contributed by atoms with Crippen LogP contribution in [0.4, 0.5) is 4.79 Å². The van der Waals surface area contributed by atoms with Gasteiger partial charge in [0.25, 0.3) is 5.91 Å². The lowest BCUT2D eigenvalue weighted by Gasteiger charge is -2.36. The molecule has 0 aliphatic heterocycles. The normalized spacial score (nSPS) is 22.3. The highest BCUT2D eigenvalue weighted by Gasteiger charge is 2.33. The van der Waals surface area contributed by atoms with Crippen molar-refractivity contribution in [1.29, 1.82) is 0 Å². The van der Waals surface area contributed by atoms with Gasteiger partial charge in [-0.05, 0) is 70.2 Å². The van der Waals surface area contributed by atoms with E-state index in [1.165, 1.54) is 0 Å². The van der Waals surface area contributed by atoms with Gasteiger partial charge in [0.2, 0.25) is 0 Å². The number of carbonyl (C=O) groups is 2. The zero-order valence-electron chi connectivity index (χ0n) is 16.9. The number of amides is 2. The summed E-state index contributed by atoms with van der Waals surface area (Å²) >= 11 is 6.02. The van der Waals surface area contributed by atoms with Crippen molar-refractivity contribution in [3.63, 3.8) is 0 Å². The fourth-order valence-electron chi connectivity index (χ4n) is 3.69. The minimum Gasteiger partial charge on any atom is -0.444 e. The molecule has 7 nitrogen and oxygen atoms in total. The van der Waals surface area contributed by atoms with Crippen LogP contribution in [0.25, 0.3) is 10.9 Å². The van der Waals surface area contributed by atoms with E-state index in [0.29, 0.717) is 23.6 Å². The summed E-state index contributed by atoms with van der Waals surface area (Å²) in [6.45, 7) is 5.44. The molecule has 3 unspecified atom stereocenters. The average Bonchev–Trinajstić information content (AvgIpc) is 3.04. The van der Waals surface area contributed by atoms with E-state index in [4.69, 9.17) is 16.3 Å². The largest absolute Gasteiger partial charge is 0.444 e. The molecule has 29 heavy (non-hydrogen) atoms. The predicted octanol–water partition coefficient (Wildman–Crippen LogP) is 3.61. The molecule has 1 aromatic carbocycles. The predicted molar refractivity (Wildman–Crippen MR) is 112 cm³/mol. The second-order valence-electron chi connectivity index (χ2n) is 8.61. The molecule has 0 bridgehead atoms. The van der Waals surface area contributed by atoms with Crippen LogP contribution in [0.1, 0.15) is 50.5 Å². The van der Waals surface area contributed by atoms with Gasteiger partial charge in [-0.15, -0.1) is 0 Å². The second-order valence-corrected chi connectivity index (χ2v) is 9.05. The third kappa shape index (κ3) is 5.64. The van der Waals surface area contributed by atoms with Gasteiger partial charge in [0.1, 0.15) is 11.3 Å². The number of aliphatic hydroxyl groups is 1. The van der Waals surface area contributed by atoms with Gasteiger partial charge in [0, 0.05) is 28.6 Å². The summed E-state index contributed by atoms with van der Waals surface area (Å²) in [5.41, 5.74) is 0.647. The molecule has 2 amide bonds. The number of H-pyrrole nitrogens is 1. The molecule has 4 N–H and O–H groups in total. The number of rotatable bonds is 4. The number of fused-ring (bicyclic) bond motifs is 1. The Morgan fingerprint density at radius 2 is 1.97 bits per heavy atom. The van der Waals surface area contributed by atoms with Gasteiger partial charge in [-0.3, -0.25) is 4.79 Å². The number of ether oxygens (including phenoxy) is 1. The Hall–Kier alpha value is -2.25. The second kappa shape index (κ2) is 8.63. The Morgan fingerprint density at radius 3 is 2.66 bits per heavy atom. The third-order valence-corrected chi connectivity index (χ3v) is 5.30. The van der Waals surface area contributed by atoms with E-state index in [-0.39, 0.29) is 30.5 Å². The summed E-state index contributed by atoms with van der Waals surface area (Å²) < 4.78 is 5.35. The van der Waals surface area contributed by atoms with E-state index in [9.17, 15) is 14.7 Å². The molecule has 158 valence electrons. The van der Waals surface area contributed by atoms with E-state index in [2.05, 4.69) is 15.6 Å². The van der Waals surface area contributed by atoms with Crippen LogP contribution in [-0.4, -0.2) is 46.4 Å². The van der Waals surface area contributed by atoms with Crippen LogP contribution in [-0.2, 0) is 4.74 Å². The molecule has 1 aliphatic rings. The lowest BCUT2D eigenvalue weighted by atomic mass is 9.82. The first-order valence-corrected chi connectivity index (χ1v) is 10.2. The first kappa shape index (κ1) is 21.5. The summed E-state index contributed by atoms with van der Waals surface area (Å²) in [7, 11) is 0. The smallest absolute Gasteiger partial charge is 0.407 e. The molecule has 1 fully saturated rings. The number of alkyl carbamates (subject to hydrolysis) is 1. The Balaban J connectivity index is 1.71. The van der Waals surface area contributed by atoms with Gasteiger partial charge in [-0.2, -0.15) is 0 Å². The van der Waals surface area contributed by atoms with E-state index < -0.39 is 11.7 Å². The third-order valence-electron chi connectivity index (χ3n) is 5.06. The maximum absolute atomic E-state index is 12.8. The van der Waals surface area contributed by atoms with Gasteiger partial charge in [0.05, 0.1) is 6.04 Å². The number of carbonyl (C=O) groups excluding carboxylic acids is 2. The van der Waals surface area contributed by atoms with Crippen molar-refractivity contribution in [1.82, 2.24) is 15.6 Å². The van der Waals surface area contributed by atoms with Crippen molar-refractivity contribution in [3.8, 4) is 0 Å². The van der Waals surface area contributed by atoms with Crippen LogP contribution >= 0.6 is 11.6 Å². The van der Waals surface area contributed by atoms with Crippen LogP contribution < -0.4 is 10.6 Å². The van der Waals surface area contributed by atoms with Crippen LogP contribution in [0.5, 0.6) is 0 Å². The molecular formula is C21H28ClN3O4. The molecule has 1 saturated carbocycles. The van der Waals surface area contributed by atoms with Gasteiger partial charge >= 0.3 is 6.09 Å². The number of aliphatic hydroxyl groups excluding tert-OH is 1. The first-order chi connectivity index (χ1) is 13.6. The van der Waals surface area contributed by atoms with Gasteiger partial charge in [-0.1, -0.05) is 11.6 Å². The highest BCUT2D eigenvalue weighted by atomic mass is 35.5. The molecular weight excluding hydrogens is 394 g/mol. The van der Waals surface area contributed by atoms with Crippen molar-refractivity contribution in [2.45, 2.75) is 57.7 Å². The molecule has 0 spiro atoms. The summed E-state index contributed by atoms with van der Waals surface area (Å²) in [5.74, 6) is -0.168. The molecule has 0 radical (unpaired) electrons. The van der Waals surface area contributed by atoms with Gasteiger partial charge in [-0.25, -0.2) is 4.79 Å². The molecule has 8 heteroatoms. The van der Waals surface area contributed by atoms with E-state index in [1.54, 1.807) is 39.0 Å². The van der Waals surface area contributed by atoms with Crippen LogP contribution in [0.3, 0.4) is 0 Å². The van der Waals surface area contributed by atoms with E-state index in [1.807, 2.05) is 6.07 Å². The highest BCUT2D eigenvalue weighted by molar-refractivity contribution is 6.31. The maximum Gasteiger partial charge on any atom is 0.407 e. The van der Waals surface area contributed by atoms with Crippen molar-refractivity contribution < 1.29 is 19.4 Å². The topological polar surface area (TPSA) is 103 Å². The zero-order chi connectivity index (χ0) is 21.2. The van der Waals surface area contributed by atoms with E-state index in [0.717, 1.165) is 17.3 Å².